The lowest BCUT2D eigenvalue weighted by Crippen LogP contribution is -2.09. The molecular weight excluding hydrogens is 334 g/mol. The highest BCUT2D eigenvalue weighted by Gasteiger charge is 2.10. The molecule has 86 valence electrons. The molecule has 0 unspecified atom stereocenters. The minimum Gasteiger partial charge on any atom is -0.278 e. The molecule has 2 rings (SSSR count). The molecule has 0 radical (unpaired) electrons. The molecule has 0 aliphatic carbocycles. The fourth-order valence-electron chi connectivity index (χ4n) is 1.69. The molecule has 0 atom stereocenters. The number of halogens is 2. The summed E-state index contributed by atoms with van der Waals surface area (Å²) < 4.78 is 1.95. The van der Waals surface area contributed by atoms with Crippen LogP contribution in [0, 0.1) is 6.92 Å². The van der Waals surface area contributed by atoms with Crippen molar-refractivity contribution in [1.29, 1.82) is 0 Å². The molecule has 0 amide bonds. The highest BCUT2D eigenvalue weighted by molar-refractivity contribution is 9.11. The van der Waals surface area contributed by atoms with Crippen molar-refractivity contribution >= 4 is 37.5 Å². The quantitative estimate of drug-likeness (QED) is 0.718. The molecule has 1 aromatic rings. The van der Waals surface area contributed by atoms with E-state index in [1.54, 1.807) is 0 Å². The number of hydrogen-bond donors (Lipinski definition) is 0. The molecule has 1 fully saturated rings. The van der Waals surface area contributed by atoms with E-state index >= 15 is 0 Å². The van der Waals surface area contributed by atoms with E-state index in [4.69, 9.17) is 0 Å². The second-order valence-electron chi connectivity index (χ2n) is 3.93. The fourth-order valence-corrected chi connectivity index (χ4v) is 3.26. The zero-order chi connectivity index (χ0) is 11.5. The molecule has 0 N–H and O–H groups in total. The van der Waals surface area contributed by atoms with Gasteiger partial charge in [0.05, 0.1) is 0 Å². The van der Waals surface area contributed by atoms with Gasteiger partial charge in [0.2, 0.25) is 0 Å². The molecule has 1 heterocycles. The van der Waals surface area contributed by atoms with Crippen LogP contribution in [-0.2, 0) is 0 Å². The number of aryl methyl sites for hydroxylation is 1. The predicted octanol–water partition coefficient (Wildman–Crippen LogP) is 4.61. The Kier molecular flexibility index (Phi) is 3.97. The van der Waals surface area contributed by atoms with Crippen molar-refractivity contribution in [3.8, 4) is 0 Å². The van der Waals surface area contributed by atoms with Crippen molar-refractivity contribution in [3.63, 3.8) is 0 Å². The zero-order valence-electron chi connectivity index (χ0n) is 9.08. The van der Waals surface area contributed by atoms with Crippen LogP contribution in [0.15, 0.2) is 31.4 Å². The van der Waals surface area contributed by atoms with Crippen LogP contribution < -0.4 is 0 Å². The zero-order valence-corrected chi connectivity index (χ0v) is 12.3. The molecular formula is C11H13Br2N3. The van der Waals surface area contributed by atoms with Crippen LogP contribution in [-0.4, -0.2) is 18.1 Å². The second-order valence-corrected chi connectivity index (χ2v) is 5.64. The molecule has 0 aromatic heterocycles. The summed E-state index contributed by atoms with van der Waals surface area (Å²) >= 11 is 7.01. The van der Waals surface area contributed by atoms with Gasteiger partial charge in [-0.05, 0) is 69.3 Å². The Morgan fingerprint density at radius 3 is 2.25 bits per heavy atom. The first kappa shape index (κ1) is 12.0. The molecule has 1 saturated heterocycles. The van der Waals surface area contributed by atoms with Gasteiger partial charge in [0.25, 0.3) is 0 Å². The maximum Gasteiger partial charge on any atom is 0.116 e. The van der Waals surface area contributed by atoms with Crippen molar-refractivity contribution in [2.75, 3.05) is 13.1 Å². The van der Waals surface area contributed by atoms with Crippen molar-refractivity contribution in [1.82, 2.24) is 5.01 Å². The van der Waals surface area contributed by atoms with E-state index in [9.17, 15) is 0 Å². The Bertz CT molecular complexity index is 389. The smallest absolute Gasteiger partial charge is 0.116 e. The van der Waals surface area contributed by atoms with Crippen LogP contribution in [0.1, 0.15) is 18.4 Å². The van der Waals surface area contributed by atoms with Gasteiger partial charge < -0.3 is 0 Å². The summed E-state index contributed by atoms with van der Waals surface area (Å²) in [6, 6.07) is 4.09. The van der Waals surface area contributed by atoms with Crippen molar-refractivity contribution in [3.05, 3.63) is 26.6 Å². The van der Waals surface area contributed by atoms with Gasteiger partial charge in [-0.2, -0.15) is 0 Å². The summed E-state index contributed by atoms with van der Waals surface area (Å²) in [5, 5.41) is 10.5. The van der Waals surface area contributed by atoms with Crippen LogP contribution in [0.3, 0.4) is 0 Å². The standard InChI is InChI=1S/C11H13Br2N3/c1-8-6-9(12)11(10(13)7-8)14-15-16-4-2-3-5-16/h6-7H,2-5H2,1H3. The summed E-state index contributed by atoms with van der Waals surface area (Å²) in [6.07, 6.45) is 2.44. The lowest BCUT2D eigenvalue weighted by molar-refractivity contribution is 0.336. The van der Waals surface area contributed by atoms with Gasteiger partial charge in [-0.25, -0.2) is 0 Å². The fraction of sp³-hybridized carbons (Fsp3) is 0.455. The third-order valence-corrected chi connectivity index (χ3v) is 3.72. The van der Waals surface area contributed by atoms with Crippen LogP contribution in [0.2, 0.25) is 0 Å². The maximum absolute atomic E-state index is 4.29. The van der Waals surface area contributed by atoms with Crippen molar-refractivity contribution in [2.45, 2.75) is 19.8 Å². The van der Waals surface area contributed by atoms with E-state index in [0.717, 1.165) is 27.7 Å². The molecule has 0 saturated carbocycles. The molecule has 1 aliphatic rings. The van der Waals surface area contributed by atoms with Gasteiger partial charge in [-0.15, -0.1) is 5.11 Å². The lowest BCUT2D eigenvalue weighted by Gasteiger charge is -2.08. The topological polar surface area (TPSA) is 28.0 Å². The Morgan fingerprint density at radius 2 is 1.69 bits per heavy atom. The van der Waals surface area contributed by atoms with Gasteiger partial charge >= 0.3 is 0 Å². The number of benzene rings is 1. The summed E-state index contributed by atoms with van der Waals surface area (Å²) in [6.45, 7) is 4.09. The first-order valence-corrected chi connectivity index (χ1v) is 6.87. The van der Waals surface area contributed by atoms with E-state index in [1.165, 1.54) is 18.4 Å². The van der Waals surface area contributed by atoms with Gasteiger partial charge in [0, 0.05) is 22.0 Å². The van der Waals surface area contributed by atoms with Gasteiger partial charge in [-0.1, -0.05) is 5.22 Å². The summed E-state index contributed by atoms with van der Waals surface area (Å²) in [7, 11) is 0. The Hall–Kier alpha value is -0.420. The van der Waals surface area contributed by atoms with Crippen molar-refractivity contribution in [2.24, 2.45) is 10.3 Å². The predicted molar refractivity (Wildman–Crippen MR) is 71.9 cm³/mol. The highest BCUT2D eigenvalue weighted by atomic mass is 79.9. The number of nitrogens with zero attached hydrogens (tertiary/aromatic N) is 3. The third-order valence-electron chi connectivity index (χ3n) is 2.51. The molecule has 1 aliphatic heterocycles. The minimum absolute atomic E-state index is 0.859. The minimum atomic E-state index is 0.859. The summed E-state index contributed by atoms with van der Waals surface area (Å²) in [5.74, 6) is 0. The molecule has 0 bridgehead atoms. The van der Waals surface area contributed by atoms with E-state index in [-0.39, 0.29) is 0 Å². The maximum atomic E-state index is 4.29. The average molecular weight is 347 g/mol. The molecule has 1 aromatic carbocycles. The van der Waals surface area contributed by atoms with Gasteiger partial charge in [0.15, 0.2) is 0 Å². The Balaban J connectivity index is 2.20. The molecule has 0 spiro atoms. The SMILES string of the molecule is Cc1cc(Br)c(N=NN2CCCC2)c(Br)c1. The first-order chi connectivity index (χ1) is 7.66. The van der Waals surface area contributed by atoms with Crippen molar-refractivity contribution < 1.29 is 0 Å². The van der Waals surface area contributed by atoms with E-state index in [1.807, 2.05) is 17.1 Å². The van der Waals surface area contributed by atoms with E-state index < -0.39 is 0 Å². The monoisotopic (exact) mass is 345 g/mol. The molecule has 5 heteroatoms. The lowest BCUT2D eigenvalue weighted by atomic mass is 10.2. The van der Waals surface area contributed by atoms with Crippen LogP contribution in [0.5, 0.6) is 0 Å². The average Bonchev–Trinajstić information content (AvgIpc) is 2.68. The summed E-state index contributed by atoms with van der Waals surface area (Å²) in [5.41, 5.74) is 2.05. The molecule has 16 heavy (non-hydrogen) atoms. The Labute approximate surface area is 112 Å². The molecule has 3 nitrogen and oxygen atoms in total. The largest absolute Gasteiger partial charge is 0.278 e. The third kappa shape index (κ3) is 2.83. The van der Waals surface area contributed by atoms with E-state index in [0.29, 0.717) is 0 Å². The highest BCUT2D eigenvalue weighted by Crippen LogP contribution is 2.35. The second kappa shape index (κ2) is 5.27. The van der Waals surface area contributed by atoms with E-state index in [2.05, 4.69) is 49.1 Å². The number of rotatable bonds is 2. The van der Waals surface area contributed by atoms with Crippen LogP contribution in [0.25, 0.3) is 0 Å². The van der Waals surface area contributed by atoms with Gasteiger partial charge in [0.1, 0.15) is 5.69 Å². The summed E-state index contributed by atoms with van der Waals surface area (Å²) in [4.78, 5) is 0. The number of hydrogen-bond acceptors (Lipinski definition) is 2. The van der Waals surface area contributed by atoms with Crippen LogP contribution >= 0.6 is 31.9 Å². The van der Waals surface area contributed by atoms with Crippen LogP contribution in [0.4, 0.5) is 5.69 Å². The Morgan fingerprint density at radius 1 is 1.12 bits per heavy atom. The first-order valence-electron chi connectivity index (χ1n) is 5.29. The normalized spacial score (nSPS) is 16.3. The van der Waals surface area contributed by atoms with Gasteiger partial charge in [-0.3, -0.25) is 5.01 Å².